The SMILES string of the molecule is COC(=O)c1ccc([C@@H](N)C2CC2)nc1. The minimum absolute atomic E-state index is 0.0108. The molecule has 0 unspecified atom stereocenters. The zero-order chi connectivity index (χ0) is 10.8. The number of hydrogen-bond acceptors (Lipinski definition) is 4. The van der Waals surface area contributed by atoms with Gasteiger partial charge in [-0.25, -0.2) is 4.79 Å². The Morgan fingerprint density at radius 3 is 2.80 bits per heavy atom. The van der Waals surface area contributed by atoms with Crippen LogP contribution in [0.5, 0.6) is 0 Å². The summed E-state index contributed by atoms with van der Waals surface area (Å²) >= 11 is 0. The summed E-state index contributed by atoms with van der Waals surface area (Å²) in [7, 11) is 1.35. The van der Waals surface area contributed by atoms with Gasteiger partial charge in [0, 0.05) is 12.2 Å². The topological polar surface area (TPSA) is 65.2 Å². The van der Waals surface area contributed by atoms with E-state index >= 15 is 0 Å². The molecule has 0 spiro atoms. The van der Waals surface area contributed by atoms with E-state index in [0.29, 0.717) is 11.5 Å². The molecule has 15 heavy (non-hydrogen) atoms. The first-order chi connectivity index (χ1) is 7.22. The molecule has 0 amide bonds. The third-order valence-electron chi connectivity index (χ3n) is 2.68. The number of carbonyl (C=O) groups excluding carboxylic acids is 1. The zero-order valence-corrected chi connectivity index (χ0v) is 8.64. The Bertz CT molecular complexity index is 357. The lowest BCUT2D eigenvalue weighted by Gasteiger charge is -2.09. The number of pyridine rings is 1. The fourth-order valence-electron chi connectivity index (χ4n) is 1.54. The molecule has 1 aromatic rings. The van der Waals surface area contributed by atoms with Gasteiger partial charge in [-0.2, -0.15) is 0 Å². The molecule has 1 atom stereocenters. The van der Waals surface area contributed by atoms with E-state index < -0.39 is 0 Å². The van der Waals surface area contributed by atoms with Crippen molar-refractivity contribution in [2.45, 2.75) is 18.9 Å². The predicted octanol–water partition coefficient (Wildman–Crippen LogP) is 1.28. The number of esters is 1. The number of hydrogen-bond donors (Lipinski definition) is 1. The van der Waals surface area contributed by atoms with Gasteiger partial charge < -0.3 is 10.5 Å². The summed E-state index contributed by atoms with van der Waals surface area (Å²) in [5.41, 5.74) is 7.29. The first kappa shape index (κ1) is 10.1. The molecule has 80 valence electrons. The summed E-state index contributed by atoms with van der Waals surface area (Å²) in [5.74, 6) is 0.204. The monoisotopic (exact) mass is 206 g/mol. The van der Waals surface area contributed by atoms with Crippen molar-refractivity contribution < 1.29 is 9.53 Å². The highest BCUT2D eigenvalue weighted by Crippen LogP contribution is 2.38. The van der Waals surface area contributed by atoms with Crippen molar-refractivity contribution in [3.05, 3.63) is 29.6 Å². The molecule has 1 saturated carbocycles. The average molecular weight is 206 g/mol. The van der Waals surface area contributed by atoms with Gasteiger partial charge in [-0.15, -0.1) is 0 Å². The normalized spacial score (nSPS) is 17.2. The fraction of sp³-hybridized carbons (Fsp3) is 0.455. The zero-order valence-electron chi connectivity index (χ0n) is 8.64. The molecule has 4 nitrogen and oxygen atoms in total. The number of rotatable bonds is 3. The largest absolute Gasteiger partial charge is 0.465 e. The van der Waals surface area contributed by atoms with Crippen molar-refractivity contribution in [1.29, 1.82) is 0 Å². The summed E-state index contributed by atoms with van der Waals surface area (Å²) in [5, 5.41) is 0. The molecular weight excluding hydrogens is 192 g/mol. The number of nitrogens with zero attached hydrogens (tertiary/aromatic N) is 1. The Hall–Kier alpha value is -1.42. The highest BCUT2D eigenvalue weighted by molar-refractivity contribution is 5.88. The minimum Gasteiger partial charge on any atom is -0.465 e. The van der Waals surface area contributed by atoms with Crippen molar-refractivity contribution in [2.75, 3.05) is 7.11 Å². The van der Waals surface area contributed by atoms with E-state index in [0.717, 1.165) is 5.69 Å². The van der Waals surface area contributed by atoms with Crippen molar-refractivity contribution in [3.8, 4) is 0 Å². The molecule has 0 aliphatic heterocycles. The molecule has 0 bridgehead atoms. The molecule has 0 saturated heterocycles. The van der Waals surface area contributed by atoms with Gasteiger partial charge in [0.05, 0.1) is 18.4 Å². The average Bonchev–Trinajstić information content (AvgIpc) is 3.11. The van der Waals surface area contributed by atoms with Crippen LogP contribution in [0.3, 0.4) is 0 Å². The van der Waals surface area contributed by atoms with E-state index in [4.69, 9.17) is 5.73 Å². The van der Waals surface area contributed by atoms with E-state index in [2.05, 4.69) is 9.72 Å². The second kappa shape index (κ2) is 3.98. The van der Waals surface area contributed by atoms with Crippen LogP contribution in [0.2, 0.25) is 0 Å². The molecule has 0 radical (unpaired) electrons. The molecular formula is C11H14N2O2. The van der Waals surface area contributed by atoms with Crippen molar-refractivity contribution in [3.63, 3.8) is 0 Å². The van der Waals surface area contributed by atoms with E-state index in [1.165, 1.54) is 26.1 Å². The lowest BCUT2D eigenvalue weighted by Crippen LogP contribution is -2.14. The molecule has 1 aliphatic carbocycles. The van der Waals surface area contributed by atoms with Crippen LogP contribution < -0.4 is 5.73 Å². The molecule has 4 heteroatoms. The number of nitrogens with two attached hydrogens (primary N) is 1. The number of aromatic nitrogens is 1. The van der Waals surface area contributed by atoms with E-state index in [1.807, 2.05) is 0 Å². The quantitative estimate of drug-likeness (QED) is 0.756. The molecule has 1 fully saturated rings. The van der Waals surface area contributed by atoms with E-state index in [1.54, 1.807) is 12.1 Å². The van der Waals surface area contributed by atoms with Gasteiger partial charge in [0.15, 0.2) is 0 Å². The summed E-state index contributed by atoms with van der Waals surface area (Å²) < 4.78 is 4.59. The summed E-state index contributed by atoms with van der Waals surface area (Å²) in [6.45, 7) is 0. The predicted molar refractivity (Wildman–Crippen MR) is 55.2 cm³/mol. The van der Waals surface area contributed by atoms with Gasteiger partial charge in [0.2, 0.25) is 0 Å². The highest BCUT2D eigenvalue weighted by atomic mass is 16.5. The maximum Gasteiger partial charge on any atom is 0.339 e. The lowest BCUT2D eigenvalue weighted by atomic mass is 10.1. The van der Waals surface area contributed by atoms with Crippen molar-refractivity contribution in [2.24, 2.45) is 11.7 Å². The van der Waals surface area contributed by atoms with Crippen LogP contribution in [0.15, 0.2) is 18.3 Å². The number of carbonyl (C=O) groups is 1. The third kappa shape index (κ3) is 2.15. The van der Waals surface area contributed by atoms with Crippen LogP contribution in [-0.2, 0) is 4.74 Å². The van der Waals surface area contributed by atoms with Gasteiger partial charge in [-0.05, 0) is 30.9 Å². The Kier molecular flexibility index (Phi) is 2.68. The van der Waals surface area contributed by atoms with Gasteiger partial charge in [0.25, 0.3) is 0 Å². The first-order valence-electron chi connectivity index (χ1n) is 5.02. The highest BCUT2D eigenvalue weighted by Gasteiger charge is 2.30. The number of methoxy groups -OCH3 is 1. The van der Waals surface area contributed by atoms with Crippen LogP contribution >= 0.6 is 0 Å². The van der Waals surface area contributed by atoms with Crippen LogP contribution in [-0.4, -0.2) is 18.1 Å². The minimum atomic E-state index is -0.367. The molecule has 0 aromatic carbocycles. The summed E-state index contributed by atoms with van der Waals surface area (Å²) in [6.07, 6.45) is 3.88. The van der Waals surface area contributed by atoms with E-state index in [-0.39, 0.29) is 12.0 Å². The van der Waals surface area contributed by atoms with Gasteiger partial charge in [-0.1, -0.05) is 0 Å². The second-order valence-electron chi connectivity index (χ2n) is 3.83. The van der Waals surface area contributed by atoms with Gasteiger partial charge in [-0.3, -0.25) is 4.98 Å². The smallest absolute Gasteiger partial charge is 0.339 e. The second-order valence-corrected chi connectivity index (χ2v) is 3.83. The standard InChI is InChI=1S/C11H14N2O2/c1-15-11(14)8-4-5-9(13-6-8)10(12)7-2-3-7/h4-7,10H,2-3,12H2,1H3/t10-/m0/s1. The molecule has 1 aromatic heterocycles. The Labute approximate surface area is 88.4 Å². The molecule has 2 rings (SSSR count). The van der Waals surface area contributed by atoms with Crippen LogP contribution in [0.4, 0.5) is 0 Å². The summed E-state index contributed by atoms with van der Waals surface area (Å²) in [4.78, 5) is 15.3. The summed E-state index contributed by atoms with van der Waals surface area (Å²) in [6, 6.07) is 3.52. The maximum atomic E-state index is 11.1. The van der Waals surface area contributed by atoms with Crippen LogP contribution in [0.25, 0.3) is 0 Å². The van der Waals surface area contributed by atoms with Gasteiger partial charge in [0.1, 0.15) is 0 Å². The fourth-order valence-corrected chi connectivity index (χ4v) is 1.54. The molecule has 1 aliphatic rings. The van der Waals surface area contributed by atoms with E-state index in [9.17, 15) is 4.79 Å². The number of ether oxygens (including phenoxy) is 1. The Morgan fingerprint density at radius 2 is 2.33 bits per heavy atom. The first-order valence-corrected chi connectivity index (χ1v) is 5.02. The lowest BCUT2D eigenvalue weighted by molar-refractivity contribution is 0.0600. The Balaban J connectivity index is 2.12. The third-order valence-corrected chi connectivity index (χ3v) is 2.68. The Morgan fingerprint density at radius 1 is 1.60 bits per heavy atom. The van der Waals surface area contributed by atoms with Crippen molar-refractivity contribution in [1.82, 2.24) is 4.98 Å². The molecule has 2 N–H and O–H groups in total. The van der Waals surface area contributed by atoms with Crippen molar-refractivity contribution >= 4 is 5.97 Å². The molecule has 1 heterocycles. The van der Waals surface area contributed by atoms with Gasteiger partial charge >= 0.3 is 5.97 Å². The van der Waals surface area contributed by atoms with Crippen LogP contribution in [0, 0.1) is 5.92 Å². The van der Waals surface area contributed by atoms with Crippen LogP contribution in [0.1, 0.15) is 34.9 Å². The maximum absolute atomic E-state index is 11.1.